The maximum absolute atomic E-state index is 11.7. The van der Waals surface area contributed by atoms with Crippen molar-refractivity contribution in [2.45, 2.75) is 19.3 Å². The second-order valence-electron chi connectivity index (χ2n) is 5.75. The molecule has 2 aliphatic rings. The first kappa shape index (κ1) is 13.4. The van der Waals surface area contributed by atoms with E-state index >= 15 is 0 Å². The summed E-state index contributed by atoms with van der Waals surface area (Å²) in [5.41, 5.74) is 1.22. The molecule has 0 spiro atoms. The molecule has 1 aliphatic heterocycles. The number of carbonyl (C=O) groups excluding carboxylic acids is 1. The third-order valence-corrected chi connectivity index (χ3v) is 3.83. The summed E-state index contributed by atoms with van der Waals surface area (Å²) in [7, 11) is 0. The fourth-order valence-electron chi connectivity index (χ4n) is 2.43. The Balaban J connectivity index is 1.37. The number of amides is 1. The molecule has 1 fully saturated rings. The van der Waals surface area contributed by atoms with Gasteiger partial charge >= 0.3 is 0 Å². The molecule has 1 heterocycles. The molecule has 1 N–H and O–H groups in total. The summed E-state index contributed by atoms with van der Waals surface area (Å²) in [5, 5.41) is 2.93. The first-order chi connectivity index (χ1) is 9.81. The van der Waals surface area contributed by atoms with Gasteiger partial charge in [0.05, 0.1) is 13.2 Å². The summed E-state index contributed by atoms with van der Waals surface area (Å²) in [6, 6.07) is 8.09. The van der Waals surface area contributed by atoms with Crippen molar-refractivity contribution in [2.24, 2.45) is 11.8 Å². The average molecular weight is 275 g/mol. The predicted octanol–water partition coefficient (Wildman–Crippen LogP) is 1.78. The van der Waals surface area contributed by atoms with Crippen LogP contribution < -0.4 is 10.1 Å². The monoisotopic (exact) mass is 275 g/mol. The highest BCUT2D eigenvalue weighted by Gasteiger charge is 2.22. The summed E-state index contributed by atoms with van der Waals surface area (Å²) in [6.07, 6.45) is 3.46. The lowest BCUT2D eigenvalue weighted by molar-refractivity contribution is -0.126. The SMILES string of the molecule is O=C(COCC1CC1)NC[C@@H]1COc2ccccc2C1. The van der Waals surface area contributed by atoms with Crippen molar-refractivity contribution in [1.82, 2.24) is 5.32 Å². The Kier molecular flexibility index (Phi) is 4.21. The number of benzene rings is 1. The van der Waals surface area contributed by atoms with Crippen molar-refractivity contribution in [3.05, 3.63) is 29.8 Å². The molecular weight excluding hydrogens is 254 g/mol. The number of hydrogen-bond acceptors (Lipinski definition) is 3. The van der Waals surface area contributed by atoms with Crippen molar-refractivity contribution in [1.29, 1.82) is 0 Å². The topological polar surface area (TPSA) is 47.6 Å². The highest BCUT2D eigenvalue weighted by Crippen LogP contribution is 2.28. The zero-order valence-electron chi connectivity index (χ0n) is 11.6. The Hall–Kier alpha value is -1.55. The summed E-state index contributed by atoms with van der Waals surface area (Å²) in [4.78, 5) is 11.7. The van der Waals surface area contributed by atoms with Crippen LogP contribution in [0.4, 0.5) is 0 Å². The van der Waals surface area contributed by atoms with Gasteiger partial charge in [-0.2, -0.15) is 0 Å². The number of para-hydroxylation sites is 1. The lowest BCUT2D eigenvalue weighted by atomic mass is 9.97. The molecule has 1 aromatic rings. The van der Waals surface area contributed by atoms with Gasteiger partial charge in [0.15, 0.2) is 0 Å². The van der Waals surface area contributed by atoms with E-state index in [-0.39, 0.29) is 12.5 Å². The first-order valence-corrected chi connectivity index (χ1v) is 7.36. The molecule has 1 aromatic carbocycles. The molecule has 1 amide bonds. The summed E-state index contributed by atoms with van der Waals surface area (Å²) in [6.45, 7) is 2.23. The van der Waals surface area contributed by atoms with Crippen molar-refractivity contribution in [2.75, 3.05) is 26.4 Å². The molecule has 0 bridgehead atoms. The minimum absolute atomic E-state index is 0.0236. The summed E-state index contributed by atoms with van der Waals surface area (Å²) in [5.74, 6) is 2.00. The van der Waals surface area contributed by atoms with E-state index in [0.717, 1.165) is 18.8 Å². The van der Waals surface area contributed by atoms with E-state index in [1.807, 2.05) is 18.2 Å². The normalized spacial score (nSPS) is 20.9. The average Bonchev–Trinajstić information content (AvgIpc) is 3.29. The molecule has 108 valence electrons. The Labute approximate surface area is 119 Å². The lowest BCUT2D eigenvalue weighted by Crippen LogP contribution is -2.36. The molecular formula is C16H21NO3. The van der Waals surface area contributed by atoms with Gasteiger partial charge in [0.25, 0.3) is 0 Å². The Morgan fingerprint density at radius 2 is 2.15 bits per heavy atom. The Bertz CT molecular complexity index is 471. The number of ether oxygens (including phenoxy) is 2. The van der Waals surface area contributed by atoms with Gasteiger partial charge < -0.3 is 14.8 Å². The van der Waals surface area contributed by atoms with Crippen LogP contribution in [-0.4, -0.2) is 32.3 Å². The van der Waals surface area contributed by atoms with Crippen LogP contribution in [0.1, 0.15) is 18.4 Å². The highest BCUT2D eigenvalue weighted by atomic mass is 16.5. The molecule has 4 nitrogen and oxygen atoms in total. The van der Waals surface area contributed by atoms with Gasteiger partial charge in [-0.05, 0) is 36.8 Å². The van der Waals surface area contributed by atoms with E-state index in [1.165, 1.54) is 18.4 Å². The number of fused-ring (bicyclic) bond motifs is 1. The third-order valence-electron chi connectivity index (χ3n) is 3.83. The minimum atomic E-state index is -0.0236. The van der Waals surface area contributed by atoms with Crippen LogP contribution in [0.2, 0.25) is 0 Å². The van der Waals surface area contributed by atoms with E-state index in [1.54, 1.807) is 0 Å². The molecule has 1 saturated carbocycles. The Morgan fingerprint density at radius 3 is 3.00 bits per heavy atom. The van der Waals surface area contributed by atoms with Crippen molar-refractivity contribution in [3.63, 3.8) is 0 Å². The molecule has 4 heteroatoms. The summed E-state index contributed by atoms with van der Waals surface area (Å²) < 4.78 is 11.1. The van der Waals surface area contributed by atoms with Crippen LogP contribution in [-0.2, 0) is 16.0 Å². The summed E-state index contributed by atoms with van der Waals surface area (Å²) >= 11 is 0. The molecule has 0 saturated heterocycles. The van der Waals surface area contributed by atoms with E-state index in [9.17, 15) is 4.79 Å². The molecule has 1 aliphatic carbocycles. The van der Waals surface area contributed by atoms with Gasteiger partial charge in [0.2, 0.25) is 5.91 Å². The van der Waals surface area contributed by atoms with Gasteiger partial charge in [0, 0.05) is 12.5 Å². The lowest BCUT2D eigenvalue weighted by Gasteiger charge is -2.25. The first-order valence-electron chi connectivity index (χ1n) is 7.36. The van der Waals surface area contributed by atoms with E-state index in [2.05, 4.69) is 11.4 Å². The fourth-order valence-corrected chi connectivity index (χ4v) is 2.43. The van der Waals surface area contributed by atoms with Crippen molar-refractivity contribution in [3.8, 4) is 5.75 Å². The molecule has 0 radical (unpaired) electrons. The van der Waals surface area contributed by atoms with Crippen LogP contribution in [0, 0.1) is 11.8 Å². The quantitative estimate of drug-likeness (QED) is 0.861. The van der Waals surface area contributed by atoms with Gasteiger partial charge in [-0.3, -0.25) is 4.79 Å². The second-order valence-corrected chi connectivity index (χ2v) is 5.75. The predicted molar refractivity (Wildman–Crippen MR) is 75.7 cm³/mol. The van der Waals surface area contributed by atoms with Crippen LogP contribution >= 0.6 is 0 Å². The molecule has 0 unspecified atom stereocenters. The molecule has 0 aromatic heterocycles. The molecule has 20 heavy (non-hydrogen) atoms. The minimum Gasteiger partial charge on any atom is -0.493 e. The maximum atomic E-state index is 11.7. The smallest absolute Gasteiger partial charge is 0.246 e. The van der Waals surface area contributed by atoms with Crippen LogP contribution in [0.5, 0.6) is 5.75 Å². The van der Waals surface area contributed by atoms with Crippen molar-refractivity contribution < 1.29 is 14.3 Å². The largest absolute Gasteiger partial charge is 0.493 e. The van der Waals surface area contributed by atoms with Crippen LogP contribution in [0.15, 0.2) is 24.3 Å². The van der Waals surface area contributed by atoms with Crippen LogP contribution in [0.3, 0.4) is 0 Å². The maximum Gasteiger partial charge on any atom is 0.246 e. The third kappa shape index (κ3) is 3.73. The second kappa shape index (κ2) is 6.27. The standard InChI is InChI=1S/C16H21NO3/c18-16(11-19-9-12-5-6-12)17-8-13-7-14-3-1-2-4-15(14)20-10-13/h1-4,12-13H,5-11H2,(H,17,18)/t13-/m1/s1. The number of rotatable bonds is 6. The van der Waals surface area contributed by atoms with E-state index in [4.69, 9.17) is 9.47 Å². The number of carbonyl (C=O) groups is 1. The van der Waals surface area contributed by atoms with Crippen LogP contribution in [0.25, 0.3) is 0 Å². The molecule has 3 rings (SSSR count). The van der Waals surface area contributed by atoms with Crippen molar-refractivity contribution >= 4 is 5.91 Å². The van der Waals surface area contributed by atoms with Gasteiger partial charge in [-0.1, -0.05) is 18.2 Å². The highest BCUT2D eigenvalue weighted by molar-refractivity contribution is 5.77. The van der Waals surface area contributed by atoms with Gasteiger partial charge in [-0.15, -0.1) is 0 Å². The van der Waals surface area contributed by atoms with Gasteiger partial charge in [-0.25, -0.2) is 0 Å². The zero-order chi connectivity index (χ0) is 13.8. The van der Waals surface area contributed by atoms with E-state index < -0.39 is 0 Å². The molecule has 1 atom stereocenters. The van der Waals surface area contributed by atoms with Gasteiger partial charge in [0.1, 0.15) is 12.4 Å². The number of nitrogens with one attached hydrogen (secondary N) is 1. The fraction of sp³-hybridized carbons (Fsp3) is 0.562. The van der Waals surface area contributed by atoms with E-state index in [0.29, 0.717) is 25.0 Å². The zero-order valence-corrected chi connectivity index (χ0v) is 11.6. The number of hydrogen-bond donors (Lipinski definition) is 1. The Morgan fingerprint density at radius 1 is 1.30 bits per heavy atom.